The summed E-state index contributed by atoms with van der Waals surface area (Å²) in [5.74, 6) is -2.75. The summed E-state index contributed by atoms with van der Waals surface area (Å²) in [6, 6.07) is 5.73. The number of carbonyl (C=O) groups excluding carboxylic acids is 1. The molecule has 1 amide bonds. The van der Waals surface area contributed by atoms with Crippen LogP contribution < -0.4 is 5.56 Å². The highest BCUT2D eigenvalue weighted by molar-refractivity contribution is 5.83. The summed E-state index contributed by atoms with van der Waals surface area (Å²) in [5.41, 5.74) is 1.57. The Morgan fingerprint density at radius 2 is 1.78 bits per heavy atom. The van der Waals surface area contributed by atoms with Gasteiger partial charge in [-0.2, -0.15) is 0 Å². The van der Waals surface area contributed by atoms with Crippen LogP contribution in [0.25, 0.3) is 11.1 Å². The van der Waals surface area contributed by atoms with E-state index >= 15 is 0 Å². The minimum Gasteiger partial charge on any atom is -0.481 e. The van der Waals surface area contributed by atoms with Gasteiger partial charge in [0.05, 0.1) is 18.0 Å². The lowest BCUT2D eigenvalue weighted by Crippen LogP contribution is -2.51. The number of fused-ring (bicyclic) bond motifs is 4. The van der Waals surface area contributed by atoms with Crippen molar-refractivity contribution in [2.45, 2.75) is 50.7 Å². The van der Waals surface area contributed by atoms with Gasteiger partial charge in [0, 0.05) is 48.6 Å². The summed E-state index contributed by atoms with van der Waals surface area (Å²) in [6.07, 6.45) is 7.97. The van der Waals surface area contributed by atoms with Gasteiger partial charge in [0.25, 0.3) is 5.56 Å². The number of hydrogen-bond acceptors (Lipinski definition) is 5. The lowest BCUT2D eigenvalue weighted by molar-refractivity contribution is -0.146. The minimum absolute atomic E-state index is 0.0289. The molecule has 1 saturated carbocycles. The van der Waals surface area contributed by atoms with Crippen molar-refractivity contribution in [1.82, 2.24) is 14.5 Å². The molecule has 3 aliphatic rings. The summed E-state index contributed by atoms with van der Waals surface area (Å²) in [7, 11) is 0. The van der Waals surface area contributed by atoms with Crippen LogP contribution in [0, 0.1) is 17.8 Å². The number of aliphatic carboxylic acids is 1. The van der Waals surface area contributed by atoms with Crippen molar-refractivity contribution >= 4 is 11.9 Å². The molecular formula is C24H27N3O5. The van der Waals surface area contributed by atoms with Crippen LogP contribution in [0.2, 0.25) is 0 Å². The first-order valence-electron chi connectivity index (χ1n) is 11.3. The number of carbonyl (C=O) groups is 2. The van der Waals surface area contributed by atoms with E-state index in [-0.39, 0.29) is 30.5 Å². The number of aliphatic hydroxyl groups excluding tert-OH is 1. The van der Waals surface area contributed by atoms with Gasteiger partial charge in [-0.05, 0) is 42.7 Å². The number of hydrogen-bond donors (Lipinski definition) is 2. The van der Waals surface area contributed by atoms with Crippen molar-refractivity contribution < 1.29 is 19.8 Å². The maximum absolute atomic E-state index is 13.6. The third-order valence-electron chi connectivity index (χ3n) is 7.53. The van der Waals surface area contributed by atoms with Crippen molar-refractivity contribution in [2.75, 3.05) is 6.61 Å². The molecule has 2 aromatic rings. The summed E-state index contributed by atoms with van der Waals surface area (Å²) in [4.78, 5) is 45.0. The van der Waals surface area contributed by atoms with Gasteiger partial charge in [0.1, 0.15) is 0 Å². The van der Waals surface area contributed by atoms with E-state index in [0.717, 1.165) is 37.7 Å². The molecule has 5 rings (SSSR count). The van der Waals surface area contributed by atoms with E-state index in [1.165, 1.54) is 0 Å². The van der Waals surface area contributed by atoms with Crippen LogP contribution in [0.5, 0.6) is 0 Å². The minimum atomic E-state index is -1.04. The summed E-state index contributed by atoms with van der Waals surface area (Å²) in [5, 5.41) is 20.2. The molecule has 1 aliphatic carbocycles. The second kappa shape index (κ2) is 8.16. The van der Waals surface area contributed by atoms with Crippen molar-refractivity contribution in [1.29, 1.82) is 0 Å². The highest BCUT2D eigenvalue weighted by Gasteiger charge is 2.58. The number of carboxylic acid groups (broad SMARTS) is 1. The molecule has 2 fully saturated rings. The first kappa shape index (κ1) is 20.9. The maximum Gasteiger partial charge on any atom is 0.309 e. The molecule has 0 spiro atoms. The zero-order valence-corrected chi connectivity index (χ0v) is 17.8. The van der Waals surface area contributed by atoms with E-state index < -0.39 is 29.9 Å². The summed E-state index contributed by atoms with van der Waals surface area (Å²) in [6.45, 7) is -0.149. The van der Waals surface area contributed by atoms with Gasteiger partial charge < -0.3 is 19.7 Å². The van der Waals surface area contributed by atoms with Crippen molar-refractivity contribution in [3.8, 4) is 11.1 Å². The Kier molecular flexibility index (Phi) is 5.33. The fraction of sp³-hybridized carbons (Fsp3) is 0.500. The van der Waals surface area contributed by atoms with Crippen LogP contribution in [-0.4, -0.2) is 49.2 Å². The van der Waals surface area contributed by atoms with E-state index in [2.05, 4.69) is 4.98 Å². The van der Waals surface area contributed by atoms with Gasteiger partial charge >= 0.3 is 5.97 Å². The van der Waals surface area contributed by atoms with Gasteiger partial charge in [-0.3, -0.25) is 19.4 Å². The maximum atomic E-state index is 13.6. The number of aliphatic hydroxyl groups is 1. The number of carboxylic acids is 1. The summed E-state index contributed by atoms with van der Waals surface area (Å²) >= 11 is 0. The Balaban J connectivity index is 1.62. The topological polar surface area (TPSA) is 113 Å². The van der Waals surface area contributed by atoms with Gasteiger partial charge in [-0.1, -0.05) is 19.3 Å². The van der Waals surface area contributed by atoms with Gasteiger partial charge in [-0.25, -0.2) is 0 Å². The number of nitrogens with zero attached hydrogens (tertiary/aromatic N) is 3. The Bertz CT molecular complexity index is 1090. The van der Waals surface area contributed by atoms with E-state index in [9.17, 15) is 24.6 Å². The number of aromatic nitrogens is 2. The molecule has 8 nitrogen and oxygen atoms in total. The normalized spacial score (nSPS) is 27.2. The zero-order valence-electron chi connectivity index (χ0n) is 17.8. The van der Waals surface area contributed by atoms with Crippen LogP contribution in [0.1, 0.15) is 43.8 Å². The molecule has 1 saturated heterocycles. The SMILES string of the molecule is O=C(O)[C@H]1[C@H](CO)[C@H]2Cn3c(ccc(-c4ccncc4)c3=O)[C@@H]1N2C(=O)C1CCCCC1. The van der Waals surface area contributed by atoms with Crippen LogP contribution in [0.15, 0.2) is 41.5 Å². The molecule has 2 N–H and O–H groups in total. The van der Waals surface area contributed by atoms with Crippen LogP contribution in [0.3, 0.4) is 0 Å². The lowest BCUT2D eigenvalue weighted by atomic mass is 9.87. The monoisotopic (exact) mass is 437 g/mol. The highest BCUT2D eigenvalue weighted by atomic mass is 16.4. The average Bonchev–Trinajstić information content (AvgIpc) is 3.07. The molecule has 2 aliphatic heterocycles. The molecule has 0 radical (unpaired) electrons. The van der Waals surface area contributed by atoms with Crippen molar-refractivity contribution in [3.63, 3.8) is 0 Å². The Hall–Kier alpha value is -3.00. The second-order valence-corrected chi connectivity index (χ2v) is 9.13. The molecule has 4 heterocycles. The molecule has 4 atom stereocenters. The van der Waals surface area contributed by atoms with Gasteiger partial charge in [-0.15, -0.1) is 0 Å². The second-order valence-electron chi connectivity index (χ2n) is 9.13. The van der Waals surface area contributed by atoms with Crippen LogP contribution in [-0.2, 0) is 16.1 Å². The van der Waals surface area contributed by atoms with E-state index in [1.807, 2.05) is 0 Å². The average molecular weight is 437 g/mol. The van der Waals surface area contributed by atoms with E-state index in [1.54, 1.807) is 46.1 Å². The number of pyridine rings is 2. The molecule has 168 valence electrons. The van der Waals surface area contributed by atoms with Crippen molar-refractivity contribution in [2.24, 2.45) is 17.8 Å². The molecule has 2 aromatic heterocycles. The molecule has 32 heavy (non-hydrogen) atoms. The predicted octanol–water partition coefficient (Wildman–Crippen LogP) is 2.07. The largest absolute Gasteiger partial charge is 0.481 e. The molecular weight excluding hydrogens is 410 g/mol. The fourth-order valence-electron chi connectivity index (χ4n) is 6.00. The van der Waals surface area contributed by atoms with Gasteiger partial charge in [0.2, 0.25) is 5.91 Å². The molecule has 2 bridgehead atoms. The highest BCUT2D eigenvalue weighted by Crippen LogP contribution is 2.49. The Morgan fingerprint density at radius 1 is 1.06 bits per heavy atom. The predicted molar refractivity (Wildman–Crippen MR) is 116 cm³/mol. The molecule has 0 unspecified atom stereocenters. The van der Waals surface area contributed by atoms with E-state index in [4.69, 9.17) is 0 Å². The smallest absolute Gasteiger partial charge is 0.309 e. The lowest BCUT2D eigenvalue weighted by Gasteiger charge is -2.40. The first-order valence-corrected chi connectivity index (χ1v) is 11.3. The Labute approximate surface area is 185 Å². The summed E-state index contributed by atoms with van der Waals surface area (Å²) < 4.78 is 1.61. The standard InChI is InChI=1S/C24H27N3O5/c28-13-17-19-12-26-18(7-6-16(23(26)30)14-8-10-25-11-9-14)21(20(17)24(31)32)27(19)22(29)15-4-2-1-3-5-15/h6-11,15,17,19-21,28H,1-5,12-13H2,(H,31,32)/t17-,19-,20+,21+/m1/s1. The first-order chi connectivity index (χ1) is 15.5. The van der Waals surface area contributed by atoms with Gasteiger partial charge in [0.15, 0.2) is 0 Å². The Morgan fingerprint density at radius 3 is 2.44 bits per heavy atom. The van der Waals surface area contributed by atoms with Crippen LogP contribution >= 0.6 is 0 Å². The van der Waals surface area contributed by atoms with Crippen LogP contribution in [0.4, 0.5) is 0 Å². The third-order valence-corrected chi connectivity index (χ3v) is 7.53. The fourth-order valence-corrected chi connectivity index (χ4v) is 6.00. The number of amides is 1. The third kappa shape index (κ3) is 3.16. The van der Waals surface area contributed by atoms with E-state index in [0.29, 0.717) is 11.3 Å². The number of rotatable bonds is 4. The molecule has 0 aromatic carbocycles. The quantitative estimate of drug-likeness (QED) is 0.757. The zero-order chi connectivity index (χ0) is 22.4. The molecule has 8 heteroatoms. The van der Waals surface area contributed by atoms with Crippen molar-refractivity contribution in [3.05, 3.63) is 52.7 Å².